The van der Waals surface area contributed by atoms with E-state index in [2.05, 4.69) is 19.9 Å². The first kappa shape index (κ1) is 6.80. The minimum atomic E-state index is -0.0324. The van der Waals surface area contributed by atoms with Gasteiger partial charge in [0.2, 0.25) is 11.4 Å². The molecule has 0 aliphatic heterocycles. The van der Waals surface area contributed by atoms with Gasteiger partial charge in [-0.05, 0) is 11.6 Å². The Labute approximate surface area is 60.8 Å². The second-order valence-corrected chi connectivity index (χ2v) is 1.60. The lowest BCUT2D eigenvalue weighted by Gasteiger charge is -1.85. The number of carbonyl (C=O) groups excluding carboxylic acids is 1. The largest absolute Gasteiger partial charge is 0.264 e. The van der Waals surface area contributed by atoms with E-state index in [4.69, 9.17) is 11.6 Å². The molecule has 0 amide bonds. The maximum Gasteiger partial charge on any atom is 0.264 e. The second-order valence-electron chi connectivity index (χ2n) is 1.26. The third-order valence-electron chi connectivity index (χ3n) is 0.675. The zero-order chi connectivity index (χ0) is 7.40. The molecule has 10 heavy (non-hydrogen) atoms. The molecule has 50 valence electrons. The average molecular weight is 157 g/mol. The van der Waals surface area contributed by atoms with Gasteiger partial charge in [0.25, 0.3) is 5.95 Å². The van der Waals surface area contributed by atoms with Crippen molar-refractivity contribution in [2.24, 2.45) is 4.99 Å². The molecule has 0 radical (unpaired) electrons. The van der Waals surface area contributed by atoms with Crippen molar-refractivity contribution in [1.82, 2.24) is 15.0 Å². The molecule has 0 spiro atoms. The van der Waals surface area contributed by atoms with Gasteiger partial charge in [0.1, 0.15) is 6.33 Å². The number of isocyanates is 1. The van der Waals surface area contributed by atoms with E-state index in [-0.39, 0.29) is 11.2 Å². The highest BCUT2D eigenvalue weighted by atomic mass is 35.5. The second kappa shape index (κ2) is 3.00. The van der Waals surface area contributed by atoms with Gasteiger partial charge in [-0.15, -0.1) is 4.99 Å². The van der Waals surface area contributed by atoms with Crippen molar-refractivity contribution < 1.29 is 4.79 Å². The number of rotatable bonds is 1. The van der Waals surface area contributed by atoms with Crippen LogP contribution in [-0.2, 0) is 4.79 Å². The van der Waals surface area contributed by atoms with Crippen LogP contribution in [0.2, 0.25) is 5.28 Å². The molecule has 0 N–H and O–H groups in total. The van der Waals surface area contributed by atoms with Crippen LogP contribution in [0, 0.1) is 0 Å². The molecule has 1 aromatic rings. The van der Waals surface area contributed by atoms with Gasteiger partial charge < -0.3 is 0 Å². The topological polar surface area (TPSA) is 68.1 Å². The lowest BCUT2D eigenvalue weighted by atomic mass is 10.9. The molecule has 6 heteroatoms. The Balaban J connectivity index is 3.06. The van der Waals surface area contributed by atoms with Crippen LogP contribution in [0.1, 0.15) is 0 Å². The van der Waals surface area contributed by atoms with Crippen LogP contribution in [0.5, 0.6) is 0 Å². The highest BCUT2D eigenvalue weighted by Crippen LogP contribution is 2.03. The third kappa shape index (κ3) is 1.58. The van der Waals surface area contributed by atoms with E-state index in [1.165, 1.54) is 6.08 Å². The SMILES string of the molecule is O=C=Nc1ncnc(Cl)n1. The number of nitrogens with zero attached hydrogens (tertiary/aromatic N) is 4. The monoisotopic (exact) mass is 156 g/mol. The van der Waals surface area contributed by atoms with Crippen molar-refractivity contribution in [3.63, 3.8) is 0 Å². The van der Waals surface area contributed by atoms with Gasteiger partial charge in [0.05, 0.1) is 0 Å². The summed E-state index contributed by atoms with van der Waals surface area (Å²) in [5.74, 6) is -0.0324. The average Bonchev–Trinajstić information content (AvgIpc) is 1.88. The molecule has 5 nitrogen and oxygen atoms in total. The molecule has 0 aromatic carbocycles. The standard InChI is InChI=1S/C4HClN4O/c5-3-6-1-7-4(9-3)8-2-10/h1H. The Morgan fingerprint density at radius 3 is 3.00 bits per heavy atom. The summed E-state index contributed by atoms with van der Waals surface area (Å²) in [6.07, 6.45) is 2.43. The number of aliphatic imine (C=N–C) groups is 1. The van der Waals surface area contributed by atoms with Crippen molar-refractivity contribution in [2.75, 3.05) is 0 Å². The Kier molecular flexibility index (Phi) is 2.04. The Bertz CT molecular complexity index is 282. The summed E-state index contributed by atoms with van der Waals surface area (Å²) in [6.45, 7) is 0. The zero-order valence-electron chi connectivity index (χ0n) is 4.65. The third-order valence-corrected chi connectivity index (χ3v) is 0.857. The molecular formula is C4HClN4O. The van der Waals surface area contributed by atoms with Crippen LogP contribution in [0.3, 0.4) is 0 Å². The van der Waals surface area contributed by atoms with Crippen LogP contribution < -0.4 is 0 Å². The van der Waals surface area contributed by atoms with Gasteiger partial charge in [-0.3, -0.25) is 0 Å². The Morgan fingerprint density at radius 2 is 2.40 bits per heavy atom. The molecule has 0 unspecified atom stereocenters. The summed E-state index contributed by atoms with van der Waals surface area (Å²) in [6, 6.07) is 0. The normalized spacial score (nSPS) is 8.50. The van der Waals surface area contributed by atoms with Gasteiger partial charge >= 0.3 is 0 Å². The van der Waals surface area contributed by atoms with Gasteiger partial charge in [-0.1, -0.05) is 0 Å². The van der Waals surface area contributed by atoms with Crippen LogP contribution >= 0.6 is 11.6 Å². The lowest BCUT2D eigenvalue weighted by molar-refractivity contribution is 0.565. The van der Waals surface area contributed by atoms with Gasteiger partial charge in [-0.25, -0.2) is 9.78 Å². The molecule has 1 heterocycles. The number of aromatic nitrogens is 3. The van der Waals surface area contributed by atoms with E-state index in [0.29, 0.717) is 0 Å². The van der Waals surface area contributed by atoms with E-state index in [0.717, 1.165) is 6.33 Å². The summed E-state index contributed by atoms with van der Waals surface area (Å²) in [5.41, 5.74) is 0. The minimum absolute atomic E-state index is 0.00370. The van der Waals surface area contributed by atoms with Gasteiger partial charge in [0, 0.05) is 0 Å². The van der Waals surface area contributed by atoms with Crippen LogP contribution in [0.4, 0.5) is 5.95 Å². The highest BCUT2D eigenvalue weighted by Gasteiger charge is 1.92. The number of halogens is 1. The molecule has 0 atom stereocenters. The Morgan fingerprint density at radius 1 is 1.60 bits per heavy atom. The molecule has 1 rings (SSSR count). The summed E-state index contributed by atoms with van der Waals surface area (Å²) >= 11 is 5.33. The van der Waals surface area contributed by atoms with Gasteiger partial charge in [-0.2, -0.15) is 9.97 Å². The van der Waals surface area contributed by atoms with Crippen molar-refractivity contribution >= 4 is 23.6 Å². The number of hydrogen-bond donors (Lipinski definition) is 0. The molecular weight excluding hydrogens is 156 g/mol. The first-order valence-corrected chi connectivity index (χ1v) is 2.63. The predicted octanol–water partition coefficient (Wildman–Crippen LogP) is 0.492. The van der Waals surface area contributed by atoms with E-state index in [9.17, 15) is 4.79 Å². The van der Waals surface area contributed by atoms with E-state index in [1.54, 1.807) is 0 Å². The fourth-order valence-corrected chi connectivity index (χ4v) is 0.482. The van der Waals surface area contributed by atoms with E-state index < -0.39 is 0 Å². The molecule has 1 aromatic heterocycles. The quantitative estimate of drug-likeness (QED) is 0.438. The summed E-state index contributed by atoms with van der Waals surface area (Å²) in [5, 5.41) is 0.00370. The minimum Gasteiger partial charge on any atom is -0.211 e. The maximum absolute atomic E-state index is 9.65. The smallest absolute Gasteiger partial charge is 0.211 e. The van der Waals surface area contributed by atoms with Crippen molar-refractivity contribution in [1.29, 1.82) is 0 Å². The zero-order valence-corrected chi connectivity index (χ0v) is 5.41. The maximum atomic E-state index is 9.65. The molecule has 0 saturated carbocycles. The predicted molar refractivity (Wildman–Crippen MR) is 32.6 cm³/mol. The number of hydrogen-bond acceptors (Lipinski definition) is 5. The summed E-state index contributed by atoms with van der Waals surface area (Å²) < 4.78 is 0. The van der Waals surface area contributed by atoms with Crippen molar-refractivity contribution in [3.8, 4) is 0 Å². The molecule has 0 aliphatic carbocycles. The van der Waals surface area contributed by atoms with Crippen LogP contribution in [0.25, 0.3) is 0 Å². The van der Waals surface area contributed by atoms with Gasteiger partial charge in [0.15, 0.2) is 0 Å². The molecule has 0 aliphatic rings. The summed E-state index contributed by atoms with van der Waals surface area (Å²) in [7, 11) is 0. The summed E-state index contributed by atoms with van der Waals surface area (Å²) in [4.78, 5) is 23.2. The van der Waals surface area contributed by atoms with E-state index >= 15 is 0 Å². The fraction of sp³-hybridized carbons (Fsp3) is 0. The van der Waals surface area contributed by atoms with E-state index in [1.807, 2.05) is 0 Å². The van der Waals surface area contributed by atoms with Crippen LogP contribution in [-0.4, -0.2) is 21.0 Å². The first-order chi connectivity index (χ1) is 4.83. The lowest BCUT2D eigenvalue weighted by Crippen LogP contribution is -1.83. The Hall–Kier alpha value is -1.32. The first-order valence-electron chi connectivity index (χ1n) is 2.25. The molecule has 0 saturated heterocycles. The van der Waals surface area contributed by atoms with Crippen LogP contribution in [0.15, 0.2) is 11.3 Å². The van der Waals surface area contributed by atoms with Crippen molar-refractivity contribution in [2.45, 2.75) is 0 Å². The highest BCUT2D eigenvalue weighted by molar-refractivity contribution is 6.28. The molecule has 0 fully saturated rings. The van der Waals surface area contributed by atoms with Crippen molar-refractivity contribution in [3.05, 3.63) is 11.6 Å². The molecule has 0 bridgehead atoms. The fourth-order valence-electron chi connectivity index (χ4n) is 0.363.